The predicted octanol–water partition coefficient (Wildman–Crippen LogP) is 2.13. The van der Waals surface area contributed by atoms with Crippen molar-refractivity contribution in [3.8, 4) is 11.6 Å². The smallest absolute Gasteiger partial charge is 0.319 e. The fourth-order valence-electron chi connectivity index (χ4n) is 1.51. The summed E-state index contributed by atoms with van der Waals surface area (Å²) in [4.78, 5) is 15.4. The van der Waals surface area contributed by atoms with Gasteiger partial charge < -0.3 is 20.5 Å². The summed E-state index contributed by atoms with van der Waals surface area (Å²) in [7, 11) is 0. The van der Waals surface area contributed by atoms with Crippen LogP contribution in [0.25, 0.3) is 0 Å². The fourth-order valence-corrected chi connectivity index (χ4v) is 1.51. The Morgan fingerprint density at radius 1 is 1.33 bits per heavy atom. The third-order valence-electron chi connectivity index (χ3n) is 2.41. The lowest BCUT2D eigenvalue weighted by Crippen LogP contribution is -2.30. The molecule has 6 nitrogen and oxygen atoms in total. The first-order valence-electron chi connectivity index (χ1n) is 6.22. The second-order valence-corrected chi connectivity index (χ2v) is 4.05. The summed E-state index contributed by atoms with van der Waals surface area (Å²) in [6, 6.07) is 8.41. The number of nitrogens with one attached hydrogen (secondary N) is 2. The maximum atomic E-state index is 13.0. The van der Waals surface area contributed by atoms with E-state index in [0.717, 1.165) is 0 Å². The SMILES string of the molecule is O=C(NCCO)Nc1ccc(Oc2cccc(F)c2)nc1. The lowest BCUT2D eigenvalue weighted by Gasteiger charge is -2.08. The number of hydrogen-bond donors (Lipinski definition) is 3. The zero-order valence-corrected chi connectivity index (χ0v) is 11.0. The minimum absolute atomic E-state index is 0.133. The molecule has 0 unspecified atom stereocenters. The number of aromatic nitrogens is 1. The number of anilines is 1. The molecule has 0 saturated heterocycles. The summed E-state index contributed by atoms with van der Waals surface area (Å²) in [5.41, 5.74) is 0.469. The van der Waals surface area contributed by atoms with Gasteiger partial charge in [0.2, 0.25) is 5.88 Å². The molecule has 3 N–H and O–H groups in total. The zero-order valence-electron chi connectivity index (χ0n) is 11.0. The van der Waals surface area contributed by atoms with Gasteiger partial charge >= 0.3 is 6.03 Å². The van der Waals surface area contributed by atoms with Crippen molar-refractivity contribution >= 4 is 11.7 Å². The Balaban J connectivity index is 1.94. The molecule has 0 bridgehead atoms. The molecule has 1 aromatic heterocycles. The molecule has 2 aromatic rings. The summed E-state index contributed by atoms with van der Waals surface area (Å²) >= 11 is 0. The molecule has 2 amide bonds. The lowest BCUT2D eigenvalue weighted by atomic mass is 10.3. The van der Waals surface area contributed by atoms with E-state index in [-0.39, 0.29) is 19.0 Å². The van der Waals surface area contributed by atoms with Crippen LogP contribution in [0.3, 0.4) is 0 Å². The maximum Gasteiger partial charge on any atom is 0.319 e. The van der Waals surface area contributed by atoms with Crippen molar-refractivity contribution in [2.24, 2.45) is 0 Å². The number of pyridine rings is 1. The van der Waals surface area contributed by atoms with Gasteiger partial charge in [0.15, 0.2) is 0 Å². The summed E-state index contributed by atoms with van der Waals surface area (Å²) < 4.78 is 18.4. The van der Waals surface area contributed by atoms with Gasteiger partial charge in [-0.15, -0.1) is 0 Å². The van der Waals surface area contributed by atoms with Gasteiger partial charge in [-0.2, -0.15) is 0 Å². The van der Waals surface area contributed by atoms with E-state index in [9.17, 15) is 9.18 Å². The molecule has 0 radical (unpaired) electrons. The van der Waals surface area contributed by atoms with Crippen molar-refractivity contribution in [1.82, 2.24) is 10.3 Å². The minimum Gasteiger partial charge on any atom is -0.439 e. The van der Waals surface area contributed by atoms with E-state index in [2.05, 4.69) is 15.6 Å². The van der Waals surface area contributed by atoms with Crippen LogP contribution in [0.15, 0.2) is 42.6 Å². The zero-order chi connectivity index (χ0) is 15.1. The van der Waals surface area contributed by atoms with Gasteiger partial charge in [0.25, 0.3) is 0 Å². The third kappa shape index (κ3) is 4.73. The van der Waals surface area contributed by atoms with Crippen molar-refractivity contribution < 1.29 is 19.0 Å². The van der Waals surface area contributed by atoms with Gasteiger partial charge in [0.05, 0.1) is 18.5 Å². The van der Waals surface area contributed by atoms with Gasteiger partial charge in [-0.1, -0.05) is 6.07 Å². The van der Waals surface area contributed by atoms with Gasteiger partial charge in [-0.05, 0) is 18.2 Å². The first-order chi connectivity index (χ1) is 10.2. The molecule has 0 aliphatic rings. The number of ether oxygens (including phenoxy) is 1. The topological polar surface area (TPSA) is 83.5 Å². The van der Waals surface area contributed by atoms with Crippen LogP contribution < -0.4 is 15.4 Å². The van der Waals surface area contributed by atoms with Crippen LogP contribution >= 0.6 is 0 Å². The standard InChI is InChI=1S/C14H14FN3O3/c15-10-2-1-3-12(8-10)21-13-5-4-11(9-17-13)18-14(20)16-6-7-19/h1-5,8-9,19H,6-7H2,(H2,16,18,20). The van der Waals surface area contributed by atoms with Gasteiger partial charge in [-0.3, -0.25) is 0 Å². The number of benzene rings is 1. The Labute approximate surface area is 120 Å². The predicted molar refractivity (Wildman–Crippen MR) is 74.8 cm³/mol. The molecule has 1 aromatic carbocycles. The number of amides is 2. The van der Waals surface area contributed by atoms with Crippen molar-refractivity contribution in [3.05, 3.63) is 48.4 Å². The number of urea groups is 1. The van der Waals surface area contributed by atoms with Gasteiger partial charge in [0.1, 0.15) is 11.6 Å². The van der Waals surface area contributed by atoms with Crippen LogP contribution in [0, 0.1) is 5.82 Å². The monoisotopic (exact) mass is 291 g/mol. The second kappa shape index (κ2) is 7.20. The molecule has 21 heavy (non-hydrogen) atoms. The highest BCUT2D eigenvalue weighted by atomic mass is 19.1. The van der Waals surface area contributed by atoms with Crippen molar-refractivity contribution in [1.29, 1.82) is 0 Å². The normalized spacial score (nSPS) is 10.0. The number of nitrogens with zero attached hydrogens (tertiary/aromatic N) is 1. The van der Waals surface area contributed by atoms with E-state index < -0.39 is 11.8 Å². The van der Waals surface area contributed by atoms with Gasteiger partial charge in [-0.25, -0.2) is 14.2 Å². The van der Waals surface area contributed by atoms with Crippen LogP contribution in [-0.4, -0.2) is 29.3 Å². The van der Waals surface area contributed by atoms with E-state index in [1.807, 2.05) is 0 Å². The number of hydrogen-bond acceptors (Lipinski definition) is 4. The average Bonchev–Trinajstić information content (AvgIpc) is 2.47. The highest BCUT2D eigenvalue weighted by molar-refractivity contribution is 5.88. The number of aliphatic hydroxyl groups is 1. The Morgan fingerprint density at radius 2 is 2.19 bits per heavy atom. The molecule has 0 fully saturated rings. The van der Waals surface area contributed by atoms with Crippen molar-refractivity contribution in [2.45, 2.75) is 0 Å². The highest BCUT2D eigenvalue weighted by Gasteiger charge is 2.03. The van der Waals surface area contributed by atoms with E-state index in [1.54, 1.807) is 18.2 Å². The van der Waals surface area contributed by atoms with Crippen LogP contribution in [0.1, 0.15) is 0 Å². The van der Waals surface area contributed by atoms with Crippen LogP contribution in [0.5, 0.6) is 11.6 Å². The average molecular weight is 291 g/mol. The molecular weight excluding hydrogens is 277 g/mol. The molecule has 2 rings (SSSR count). The molecule has 7 heteroatoms. The molecule has 0 saturated carbocycles. The number of rotatable bonds is 5. The van der Waals surface area contributed by atoms with Crippen molar-refractivity contribution in [2.75, 3.05) is 18.5 Å². The van der Waals surface area contributed by atoms with Crippen molar-refractivity contribution in [3.63, 3.8) is 0 Å². The number of carbonyl (C=O) groups is 1. The summed E-state index contributed by atoms with van der Waals surface area (Å²) in [6.45, 7) is 0.0338. The first-order valence-corrected chi connectivity index (χ1v) is 6.22. The summed E-state index contributed by atoms with van der Waals surface area (Å²) in [6.07, 6.45) is 1.41. The lowest BCUT2D eigenvalue weighted by molar-refractivity contribution is 0.245. The number of halogens is 1. The van der Waals surface area contributed by atoms with Crippen LogP contribution in [0.2, 0.25) is 0 Å². The van der Waals surface area contributed by atoms with Gasteiger partial charge in [0, 0.05) is 18.7 Å². The fraction of sp³-hybridized carbons (Fsp3) is 0.143. The Morgan fingerprint density at radius 3 is 2.86 bits per heavy atom. The molecule has 0 aliphatic carbocycles. The summed E-state index contributed by atoms with van der Waals surface area (Å²) in [5, 5.41) is 13.6. The van der Waals surface area contributed by atoms with E-state index in [4.69, 9.17) is 9.84 Å². The Kier molecular flexibility index (Phi) is 5.05. The quantitative estimate of drug-likeness (QED) is 0.788. The molecule has 110 valence electrons. The minimum atomic E-state index is -0.440. The molecule has 0 aliphatic heterocycles. The Bertz CT molecular complexity index is 605. The van der Waals surface area contributed by atoms with E-state index in [1.165, 1.54) is 24.4 Å². The first kappa shape index (κ1) is 14.7. The maximum absolute atomic E-state index is 13.0. The molecule has 0 spiro atoms. The third-order valence-corrected chi connectivity index (χ3v) is 2.41. The number of aliphatic hydroxyl groups excluding tert-OH is 1. The van der Waals surface area contributed by atoms with E-state index in [0.29, 0.717) is 11.4 Å². The molecule has 1 heterocycles. The molecule has 0 atom stereocenters. The Hall–Kier alpha value is -2.67. The number of carbonyl (C=O) groups excluding carboxylic acids is 1. The largest absolute Gasteiger partial charge is 0.439 e. The van der Waals surface area contributed by atoms with Crippen LogP contribution in [-0.2, 0) is 0 Å². The second-order valence-electron chi connectivity index (χ2n) is 4.05. The molecular formula is C14H14FN3O3. The van der Waals surface area contributed by atoms with E-state index >= 15 is 0 Å². The van der Waals surface area contributed by atoms with Crippen LogP contribution in [0.4, 0.5) is 14.9 Å². The highest BCUT2D eigenvalue weighted by Crippen LogP contribution is 2.20. The summed E-state index contributed by atoms with van der Waals surface area (Å²) in [5.74, 6) is 0.220.